The van der Waals surface area contributed by atoms with Crippen LogP contribution in [0.1, 0.15) is 47.1 Å². The highest BCUT2D eigenvalue weighted by molar-refractivity contribution is 6.12. The fourth-order valence-corrected chi connectivity index (χ4v) is 2.91. The predicted molar refractivity (Wildman–Crippen MR) is 109 cm³/mol. The summed E-state index contributed by atoms with van der Waals surface area (Å²) in [4.78, 5) is 15.1. The number of rotatable bonds is 2. The zero-order valence-electron chi connectivity index (χ0n) is 16.9. The molecule has 1 aromatic rings. The summed E-state index contributed by atoms with van der Waals surface area (Å²) in [5, 5.41) is 0. The van der Waals surface area contributed by atoms with Crippen LogP contribution in [0.3, 0.4) is 0 Å². The third-order valence-corrected chi connectivity index (χ3v) is 4.47. The predicted octanol–water partition coefficient (Wildman–Crippen LogP) is 5.66. The Morgan fingerprint density at radius 2 is 1.24 bits per heavy atom. The lowest BCUT2D eigenvalue weighted by atomic mass is 9.72. The molecule has 2 nitrogen and oxygen atoms in total. The summed E-state index contributed by atoms with van der Waals surface area (Å²) in [7, 11) is 4.08. The Kier molecular flexibility index (Phi) is 5.13. The van der Waals surface area contributed by atoms with Gasteiger partial charge in [-0.3, -0.25) is 4.79 Å². The van der Waals surface area contributed by atoms with Gasteiger partial charge in [0.2, 0.25) is 0 Å². The van der Waals surface area contributed by atoms with Crippen molar-refractivity contribution in [1.29, 1.82) is 0 Å². The molecule has 2 rings (SSSR count). The van der Waals surface area contributed by atoms with Crippen LogP contribution in [0.4, 0.5) is 5.69 Å². The number of hydrogen-bond acceptors (Lipinski definition) is 2. The monoisotopic (exact) mass is 337 g/mol. The maximum Gasteiger partial charge on any atom is 0.186 e. The van der Waals surface area contributed by atoms with E-state index in [2.05, 4.69) is 88.9 Å². The normalized spacial score (nSPS) is 15.7. The van der Waals surface area contributed by atoms with Crippen LogP contribution in [0.2, 0.25) is 0 Å². The quantitative estimate of drug-likeness (QED) is 0.693. The first kappa shape index (κ1) is 19.2. The molecule has 0 amide bonds. The fraction of sp³-hybridized carbons (Fsp3) is 0.435. The second-order valence-electron chi connectivity index (χ2n) is 9.08. The standard InChI is InChI=1S/C23H31NO/c1-22(2,3)19-14-17(15-20(21(19)25)23(4,5)6)13-16-9-11-18(12-10-16)24(7)8/h9-15H,1-8H3. The summed E-state index contributed by atoms with van der Waals surface area (Å²) >= 11 is 0. The smallest absolute Gasteiger partial charge is 0.186 e. The third kappa shape index (κ3) is 4.50. The minimum absolute atomic E-state index is 0.171. The van der Waals surface area contributed by atoms with Crippen LogP contribution in [0.5, 0.6) is 0 Å². The fourth-order valence-electron chi connectivity index (χ4n) is 2.91. The topological polar surface area (TPSA) is 20.3 Å². The van der Waals surface area contributed by atoms with Gasteiger partial charge in [-0.1, -0.05) is 53.7 Å². The van der Waals surface area contributed by atoms with Crippen LogP contribution in [-0.2, 0) is 4.79 Å². The minimum atomic E-state index is -0.171. The van der Waals surface area contributed by atoms with Gasteiger partial charge in [0.25, 0.3) is 0 Å². The van der Waals surface area contributed by atoms with Crippen molar-refractivity contribution in [1.82, 2.24) is 0 Å². The summed E-state index contributed by atoms with van der Waals surface area (Å²) in [6, 6.07) is 8.47. The highest BCUT2D eigenvalue weighted by atomic mass is 16.1. The van der Waals surface area contributed by atoms with Gasteiger partial charge in [-0.15, -0.1) is 0 Å². The second kappa shape index (κ2) is 6.67. The molecule has 25 heavy (non-hydrogen) atoms. The molecule has 0 N–H and O–H groups in total. The zero-order valence-corrected chi connectivity index (χ0v) is 16.9. The van der Waals surface area contributed by atoms with E-state index < -0.39 is 0 Å². The molecule has 0 aliphatic heterocycles. The average molecular weight is 338 g/mol. The number of hydrogen-bond donors (Lipinski definition) is 0. The molecule has 0 saturated carbocycles. The van der Waals surface area contributed by atoms with E-state index in [-0.39, 0.29) is 16.6 Å². The van der Waals surface area contributed by atoms with Crippen LogP contribution in [0.15, 0.2) is 53.1 Å². The van der Waals surface area contributed by atoms with Crippen molar-refractivity contribution in [2.24, 2.45) is 10.8 Å². The Labute approximate surface area is 152 Å². The molecule has 0 bridgehead atoms. The molecule has 0 spiro atoms. The summed E-state index contributed by atoms with van der Waals surface area (Å²) in [6.45, 7) is 12.6. The maximum absolute atomic E-state index is 13.0. The number of ketones is 1. The number of anilines is 1. The molecule has 0 radical (unpaired) electrons. The van der Waals surface area contributed by atoms with E-state index in [0.29, 0.717) is 0 Å². The molecular weight excluding hydrogens is 306 g/mol. The van der Waals surface area contributed by atoms with Gasteiger partial charge >= 0.3 is 0 Å². The van der Waals surface area contributed by atoms with Crippen LogP contribution >= 0.6 is 0 Å². The van der Waals surface area contributed by atoms with Crippen LogP contribution < -0.4 is 4.90 Å². The van der Waals surface area contributed by atoms with E-state index in [4.69, 9.17) is 0 Å². The molecule has 0 saturated heterocycles. The lowest BCUT2D eigenvalue weighted by Gasteiger charge is -2.31. The van der Waals surface area contributed by atoms with Gasteiger partial charge in [0.1, 0.15) is 0 Å². The van der Waals surface area contributed by atoms with Crippen LogP contribution in [0.25, 0.3) is 6.08 Å². The number of Topliss-reactive ketones (excluding diaryl/α,β-unsaturated/α-hetero) is 1. The van der Waals surface area contributed by atoms with Crippen LogP contribution in [0, 0.1) is 10.8 Å². The Morgan fingerprint density at radius 1 is 0.800 bits per heavy atom. The summed E-state index contributed by atoms with van der Waals surface area (Å²) < 4.78 is 0. The number of allylic oxidation sites excluding steroid dienone is 5. The van der Waals surface area contributed by atoms with Crippen molar-refractivity contribution in [2.45, 2.75) is 41.5 Å². The highest BCUT2D eigenvalue weighted by Gasteiger charge is 2.33. The van der Waals surface area contributed by atoms with Crippen molar-refractivity contribution in [3.63, 3.8) is 0 Å². The van der Waals surface area contributed by atoms with Gasteiger partial charge < -0.3 is 4.90 Å². The molecule has 0 unspecified atom stereocenters. The van der Waals surface area contributed by atoms with E-state index in [1.165, 1.54) is 5.69 Å². The molecule has 134 valence electrons. The van der Waals surface area contributed by atoms with Crippen molar-refractivity contribution in [2.75, 3.05) is 19.0 Å². The lowest BCUT2D eigenvalue weighted by molar-refractivity contribution is -0.114. The Hall–Kier alpha value is -2.09. The van der Waals surface area contributed by atoms with Gasteiger partial charge in [0.05, 0.1) is 0 Å². The minimum Gasteiger partial charge on any atom is -0.378 e. The summed E-state index contributed by atoms with van der Waals surface area (Å²) in [5.41, 5.74) is 4.84. The molecule has 0 atom stereocenters. The van der Waals surface area contributed by atoms with Crippen molar-refractivity contribution in [3.8, 4) is 0 Å². The molecule has 0 heterocycles. The Morgan fingerprint density at radius 3 is 1.60 bits per heavy atom. The van der Waals surface area contributed by atoms with Gasteiger partial charge in [0, 0.05) is 30.9 Å². The average Bonchev–Trinajstić information content (AvgIpc) is 2.47. The Bertz CT molecular complexity index is 709. The van der Waals surface area contributed by atoms with Gasteiger partial charge in [-0.25, -0.2) is 0 Å². The van der Waals surface area contributed by atoms with Crippen LogP contribution in [-0.4, -0.2) is 19.9 Å². The zero-order chi connectivity index (χ0) is 19.0. The van der Waals surface area contributed by atoms with Gasteiger partial charge in [-0.05, 0) is 52.3 Å². The number of carbonyl (C=O) groups excluding carboxylic acids is 1. The van der Waals surface area contributed by atoms with Crippen molar-refractivity contribution < 1.29 is 4.79 Å². The SMILES string of the molecule is CN(C)c1ccc(C=C2C=C(C(C)(C)C)C(=O)C(C(C)(C)C)=C2)cc1. The lowest BCUT2D eigenvalue weighted by Crippen LogP contribution is -2.27. The largest absolute Gasteiger partial charge is 0.378 e. The van der Waals surface area contributed by atoms with Crippen molar-refractivity contribution >= 4 is 17.5 Å². The van der Waals surface area contributed by atoms with Crippen molar-refractivity contribution in [3.05, 3.63) is 58.7 Å². The molecule has 1 aromatic carbocycles. The summed E-state index contributed by atoms with van der Waals surface area (Å²) in [5.74, 6) is 0.181. The second-order valence-corrected chi connectivity index (χ2v) is 9.08. The maximum atomic E-state index is 13.0. The number of benzene rings is 1. The first-order chi connectivity index (χ1) is 11.4. The van der Waals surface area contributed by atoms with E-state index in [1.807, 2.05) is 14.1 Å². The number of nitrogens with zero attached hydrogens (tertiary/aromatic N) is 1. The Balaban J connectivity index is 2.51. The molecular formula is C23H31NO. The first-order valence-electron chi connectivity index (χ1n) is 8.88. The molecule has 2 heteroatoms. The highest BCUT2D eigenvalue weighted by Crippen LogP contribution is 2.39. The van der Waals surface area contributed by atoms with Gasteiger partial charge in [0.15, 0.2) is 5.78 Å². The molecule has 1 aliphatic carbocycles. The van der Waals surface area contributed by atoms with Gasteiger partial charge in [-0.2, -0.15) is 0 Å². The number of carbonyl (C=O) groups is 1. The molecule has 1 aliphatic rings. The van der Waals surface area contributed by atoms with E-state index >= 15 is 0 Å². The van der Waals surface area contributed by atoms with E-state index in [0.717, 1.165) is 22.3 Å². The third-order valence-electron chi connectivity index (χ3n) is 4.47. The van der Waals surface area contributed by atoms with E-state index in [9.17, 15) is 4.79 Å². The van der Waals surface area contributed by atoms with E-state index in [1.54, 1.807) is 0 Å². The molecule has 0 aromatic heterocycles. The first-order valence-corrected chi connectivity index (χ1v) is 8.88. The summed E-state index contributed by atoms with van der Waals surface area (Å²) in [6.07, 6.45) is 6.26. The molecule has 0 fully saturated rings.